The van der Waals surface area contributed by atoms with Crippen molar-refractivity contribution in [2.24, 2.45) is 0 Å². The molecular formula is C19H17N5O. The largest absolute Gasteiger partial charge is 0.496 e. The lowest BCUT2D eigenvalue weighted by molar-refractivity contribution is 0.410. The van der Waals surface area contributed by atoms with Gasteiger partial charge in [0.25, 0.3) is 0 Å². The minimum Gasteiger partial charge on any atom is -0.496 e. The lowest BCUT2D eigenvalue weighted by Gasteiger charge is -2.10. The molecule has 124 valence electrons. The number of fused-ring (bicyclic) bond motifs is 1. The van der Waals surface area contributed by atoms with Gasteiger partial charge in [-0.1, -0.05) is 18.2 Å². The molecule has 0 saturated heterocycles. The molecule has 0 fully saturated rings. The number of rotatable bonds is 5. The minimum atomic E-state index is 0.627. The smallest absolute Gasteiger partial charge is 0.154 e. The summed E-state index contributed by atoms with van der Waals surface area (Å²) in [6.07, 6.45) is 5.35. The summed E-state index contributed by atoms with van der Waals surface area (Å²) in [5, 5.41) is 8.01. The van der Waals surface area contributed by atoms with Crippen LogP contribution in [0.1, 0.15) is 5.56 Å². The number of methoxy groups -OCH3 is 1. The topological polar surface area (TPSA) is 64.3 Å². The summed E-state index contributed by atoms with van der Waals surface area (Å²) < 4.78 is 7.22. The molecule has 0 aliphatic carbocycles. The van der Waals surface area contributed by atoms with Crippen molar-refractivity contribution in [2.45, 2.75) is 6.54 Å². The lowest BCUT2D eigenvalue weighted by Crippen LogP contribution is -2.05. The van der Waals surface area contributed by atoms with Gasteiger partial charge in [-0.05, 0) is 30.3 Å². The Morgan fingerprint density at radius 3 is 2.72 bits per heavy atom. The number of para-hydroxylation sites is 1. The maximum absolute atomic E-state index is 5.39. The second-order valence-corrected chi connectivity index (χ2v) is 5.53. The van der Waals surface area contributed by atoms with Gasteiger partial charge in [-0.15, -0.1) is 5.10 Å². The Morgan fingerprint density at radius 2 is 1.88 bits per heavy atom. The van der Waals surface area contributed by atoms with E-state index in [1.54, 1.807) is 19.5 Å². The molecule has 4 rings (SSSR count). The lowest BCUT2D eigenvalue weighted by atomic mass is 10.2. The van der Waals surface area contributed by atoms with E-state index in [0.29, 0.717) is 6.54 Å². The van der Waals surface area contributed by atoms with Gasteiger partial charge in [-0.2, -0.15) is 0 Å². The van der Waals surface area contributed by atoms with Crippen molar-refractivity contribution in [1.82, 2.24) is 19.6 Å². The monoisotopic (exact) mass is 331 g/mol. The first-order valence-electron chi connectivity index (χ1n) is 7.96. The molecular weight excluding hydrogens is 314 g/mol. The number of anilines is 1. The fraction of sp³-hybridized carbons (Fsp3) is 0.105. The SMILES string of the molecule is COc1ccccc1CNc1ccc2ncc(-c3ccncc3)n2n1. The van der Waals surface area contributed by atoms with Crippen LogP contribution in [0.25, 0.3) is 16.9 Å². The van der Waals surface area contributed by atoms with E-state index in [4.69, 9.17) is 4.74 Å². The average Bonchev–Trinajstić information content (AvgIpc) is 3.10. The van der Waals surface area contributed by atoms with Gasteiger partial charge < -0.3 is 10.1 Å². The molecule has 0 radical (unpaired) electrons. The predicted molar refractivity (Wildman–Crippen MR) is 96.5 cm³/mol. The molecule has 6 nitrogen and oxygen atoms in total. The molecule has 1 N–H and O–H groups in total. The van der Waals surface area contributed by atoms with Gasteiger partial charge >= 0.3 is 0 Å². The highest BCUT2D eigenvalue weighted by Gasteiger charge is 2.08. The van der Waals surface area contributed by atoms with Crippen molar-refractivity contribution in [3.05, 3.63) is 72.7 Å². The Hall–Kier alpha value is -3.41. The van der Waals surface area contributed by atoms with Crippen molar-refractivity contribution < 1.29 is 4.74 Å². The van der Waals surface area contributed by atoms with Crippen LogP contribution in [0, 0.1) is 0 Å². The van der Waals surface area contributed by atoms with Gasteiger partial charge in [-0.25, -0.2) is 9.50 Å². The molecule has 25 heavy (non-hydrogen) atoms. The summed E-state index contributed by atoms with van der Waals surface area (Å²) in [7, 11) is 1.68. The highest BCUT2D eigenvalue weighted by molar-refractivity contribution is 5.63. The summed E-state index contributed by atoms with van der Waals surface area (Å²) in [6, 6.07) is 15.7. The Morgan fingerprint density at radius 1 is 1.04 bits per heavy atom. The Bertz CT molecular complexity index is 997. The highest BCUT2D eigenvalue weighted by Crippen LogP contribution is 2.21. The van der Waals surface area contributed by atoms with Crippen LogP contribution in [-0.2, 0) is 6.54 Å². The van der Waals surface area contributed by atoms with Crippen molar-refractivity contribution in [3.63, 3.8) is 0 Å². The van der Waals surface area contributed by atoms with E-state index in [2.05, 4.69) is 20.4 Å². The van der Waals surface area contributed by atoms with E-state index in [1.165, 1.54) is 0 Å². The third kappa shape index (κ3) is 3.01. The average molecular weight is 331 g/mol. The molecule has 3 aromatic heterocycles. The molecule has 3 heterocycles. The first kappa shape index (κ1) is 15.1. The highest BCUT2D eigenvalue weighted by atomic mass is 16.5. The molecule has 0 bridgehead atoms. The van der Waals surface area contributed by atoms with E-state index in [9.17, 15) is 0 Å². The Kier molecular flexibility index (Phi) is 4.00. The van der Waals surface area contributed by atoms with Crippen LogP contribution >= 0.6 is 0 Å². The van der Waals surface area contributed by atoms with Gasteiger partial charge in [0.1, 0.15) is 11.6 Å². The second kappa shape index (κ2) is 6.60. The van der Waals surface area contributed by atoms with E-state index < -0.39 is 0 Å². The summed E-state index contributed by atoms with van der Waals surface area (Å²) in [5.41, 5.74) is 3.83. The third-order valence-electron chi connectivity index (χ3n) is 3.99. The maximum Gasteiger partial charge on any atom is 0.154 e. The normalized spacial score (nSPS) is 10.8. The van der Waals surface area contributed by atoms with E-state index in [-0.39, 0.29) is 0 Å². The van der Waals surface area contributed by atoms with E-state index in [1.807, 2.05) is 59.2 Å². The van der Waals surface area contributed by atoms with Crippen molar-refractivity contribution in [2.75, 3.05) is 12.4 Å². The number of aromatic nitrogens is 4. The molecule has 0 amide bonds. The first-order valence-corrected chi connectivity index (χ1v) is 7.96. The number of pyridine rings is 1. The number of ether oxygens (including phenoxy) is 1. The molecule has 0 unspecified atom stereocenters. The first-order chi connectivity index (χ1) is 12.3. The molecule has 0 atom stereocenters. The maximum atomic E-state index is 5.39. The van der Waals surface area contributed by atoms with Crippen LogP contribution in [0.15, 0.2) is 67.1 Å². The van der Waals surface area contributed by atoms with Crippen LogP contribution < -0.4 is 10.1 Å². The van der Waals surface area contributed by atoms with Gasteiger partial charge in [0, 0.05) is 30.1 Å². The number of nitrogens with zero attached hydrogens (tertiary/aromatic N) is 4. The molecule has 1 aromatic carbocycles. The van der Waals surface area contributed by atoms with Crippen molar-refractivity contribution in [1.29, 1.82) is 0 Å². The Balaban J connectivity index is 1.63. The van der Waals surface area contributed by atoms with Crippen LogP contribution in [0.4, 0.5) is 5.82 Å². The molecule has 4 aromatic rings. The fourth-order valence-corrected chi connectivity index (χ4v) is 2.72. The fourth-order valence-electron chi connectivity index (χ4n) is 2.72. The summed E-state index contributed by atoms with van der Waals surface area (Å²) in [4.78, 5) is 8.47. The zero-order valence-corrected chi connectivity index (χ0v) is 13.8. The van der Waals surface area contributed by atoms with Crippen LogP contribution in [0.2, 0.25) is 0 Å². The summed E-state index contributed by atoms with van der Waals surface area (Å²) in [6.45, 7) is 0.627. The van der Waals surface area contributed by atoms with Crippen LogP contribution in [0.3, 0.4) is 0 Å². The summed E-state index contributed by atoms with van der Waals surface area (Å²) >= 11 is 0. The van der Waals surface area contributed by atoms with E-state index >= 15 is 0 Å². The number of hydrogen-bond acceptors (Lipinski definition) is 5. The number of benzene rings is 1. The minimum absolute atomic E-state index is 0.627. The molecule has 0 spiro atoms. The van der Waals surface area contributed by atoms with Crippen LogP contribution in [0.5, 0.6) is 5.75 Å². The molecule has 0 aliphatic heterocycles. The number of hydrogen-bond donors (Lipinski definition) is 1. The summed E-state index contributed by atoms with van der Waals surface area (Å²) in [5.74, 6) is 1.63. The van der Waals surface area contributed by atoms with E-state index in [0.717, 1.165) is 34.0 Å². The van der Waals surface area contributed by atoms with Gasteiger partial charge in [-0.3, -0.25) is 4.98 Å². The quantitative estimate of drug-likeness (QED) is 0.607. The van der Waals surface area contributed by atoms with Crippen molar-refractivity contribution >= 4 is 11.5 Å². The molecule has 0 aliphatic rings. The van der Waals surface area contributed by atoms with Gasteiger partial charge in [0.15, 0.2) is 5.65 Å². The predicted octanol–water partition coefficient (Wildman–Crippen LogP) is 3.41. The number of nitrogens with one attached hydrogen (secondary N) is 1. The molecule has 0 saturated carbocycles. The zero-order chi connectivity index (χ0) is 17.1. The molecule has 6 heteroatoms. The zero-order valence-electron chi connectivity index (χ0n) is 13.8. The van der Waals surface area contributed by atoms with Crippen LogP contribution in [-0.4, -0.2) is 26.7 Å². The van der Waals surface area contributed by atoms with Gasteiger partial charge in [0.2, 0.25) is 0 Å². The third-order valence-corrected chi connectivity index (χ3v) is 3.99. The van der Waals surface area contributed by atoms with Crippen molar-refractivity contribution in [3.8, 4) is 17.0 Å². The Labute approximate surface area is 145 Å². The standard InChI is InChI=1S/C19H17N5O/c1-25-17-5-3-2-4-15(17)12-21-18-6-7-19-22-13-16(24(19)23-18)14-8-10-20-11-9-14/h2-11,13H,12H2,1H3,(H,21,23). The second-order valence-electron chi connectivity index (χ2n) is 5.53. The van der Waals surface area contributed by atoms with Gasteiger partial charge in [0.05, 0.1) is 19.0 Å². The number of imidazole rings is 1.